The van der Waals surface area contributed by atoms with Crippen molar-refractivity contribution in [3.05, 3.63) is 59.4 Å². The minimum absolute atomic E-state index is 0.0935. The van der Waals surface area contributed by atoms with Gasteiger partial charge in [-0.1, -0.05) is 17.7 Å². The normalized spacial score (nSPS) is 10.7. The molecule has 0 bridgehead atoms. The number of benzene rings is 1. The van der Waals surface area contributed by atoms with Crippen LogP contribution in [0.2, 0.25) is 0 Å². The molecule has 0 aliphatic carbocycles. The molecule has 2 heterocycles. The minimum atomic E-state index is -0.568. The maximum atomic E-state index is 12.7. The van der Waals surface area contributed by atoms with Gasteiger partial charge in [-0.25, -0.2) is 9.78 Å². The molecule has 0 N–H and O–H groups in total. The fraction of sp³-hybridized carbons (Fsp3) is 0.176. The maximum absolute atomic E-state index is 12.7. The summed E-state index contributed by atoms with van der Waals surface area (Å²) in [7, 11) is 0. The van der Waals surface area contributed by atoms with Crippen LogP contribution in [-0.4, -0.2) is 33.2 Å². The second kappa shape index (κ2) is 6.00. The molecule has 0 spiro atoms. The molecule has 1 aromatic carbocycles. The summed E-state index contributed by atoms with van der Waals surface area (Å²) in [5, 5.41) is 4.64. The van der Waals surface area contributed by atoms with Crippen LogP contribution in [-0.2, 0) is 4.74 Å². The molecule has 0 unspecified atom stereocenters. The van der Waals surface area contributed by atoms with Crippen molar-refractivity contribution in [2.75, 3.05) is 6.61 Å². The summed E-state index contributed by atoms with van der Waals surface area (Å²) in [5.74, 6) is -0.908. The Morgan fingerprint density at radius 3 is 2.78 bits per heavy atom. The van der Waals surface area contributed by atoms with Crippen LogP contribution < -0.4 is 0 Å². The Hall–Kier alpha value is -3.02. The zero-order valence-electron chi connectivity index (χ0n) is 12.8. The van der Waals surface area contributed by atoms with Crippen LogP contribution >= 0.6 is 0 Å². The van der Waals surface area contributed by atoms with Crippen molar-refractivity contribution in [3.8, 4) is 0 Å². The summed E-state index contributed by atoms with van der Waals surface area (Å²) in [6.07, 6.45) is 1.55. The van der Waals surface area contributed by atoms with Gasteiger partial charge in [-0.2, -0.15) is 9.78 Å². The van der Waals surface area contributed by atoms with Gasteiger partial charge >= 0.3 is 5.97 Å². The van der Waals surface area contributed by atoms with E-state index in [1.165, 1.54) is 0 Å². The molecule has 0 fully saturated rings. The maximum Gasteiger partial charge on any atom is 0.359 e. The Morgan fingerprint density at radius 1 is 1.22 bits per heavy atom. The highest BCUT2D eigenvalue weighted by molar-refractivity contribution is 6.06. The van der Waals surface area contributed by atoms with Gasteiger partial charge in [0.2, 0.25) is 0 Å². The highest BCUT2D eigenvalue weighted by Crippen LogP contribution is 2.18. The van der Waals surface area contributed by atoms with Crippen LogP contribution in [0, 0.1) is 6.92 Å². The smallest absolute Gasteiger partial charge is 0.359 e. The largest absolute Gasteiger partial charge is 0.461 e. The van der Waals surface area contributed by atoms with Crippen LogP contribution in [0.15, 0.2) is 42.6 Å². The summed E-state index contributed by atoms with van der Waals surface area (Å²) in [6.45, 7) is 3.85. The number of hydrogen-bond acceptors (Lipinski definition) is 5. The monoisotopic (exact) mass is 309 g/mol. The number of pyridine rings is 1. The van der Waals surface area contributed by atoms with Crippen molar-refractivity contribution >= 4 is 22.9 Å². The van der Waals surface area contributed by atoms with E-state index in [9.17, 15) is 9.59 Å². The molecular formula is C17H15N3O3. The van der Waals surface area contributed by atoms with Crippen LogP contribution in [0.1, 0.15) is 33.3 Å². The molecule has 0 saturated heterocycles. The molecular weight excluding hydrogens is 294 g/mol. The number of carbonyl (C=O) groups is 2. The van der Waals surface area contributed by atoms with E-state index >= 15 is 0 Å². The van der Waals surface area contributed by atoms with Gasteiger partial charge < -0.3 is 4.74 Å². The minimum Gasteiger partial charge on any atom is -0.461 e. The van der Waals surface area contributed by atoms with Gasteiger partial charge in [-0.3, -0.25) is 4.79 Å². The van der Waals surface area contributed by atoms with Crippen molar-refractivity contribution in [1.82, 2.24) is 14.8 Å². The standard InChI is InChI=1S/C17H15N3O3/c1-3-23-17(22)14-13-8-5-9-18-15(13)20(19-14)16(21)12-7-4-6-11(2)10-12/h4-10H,3H2,1-2H3. The molecule has 0 aliphatic rings. The summed E-state index contributed by atoms with van der Waals surface area (Å²) in [5.41, 5.74) is 1.87. The molecule has 0 saturated carbocycles. The lowest BCUT2D eigenvalue weighted by atomic mass is 10.1. The molecule has 2 aromatic heterocycles. The van der Waals surface area contributed by atoms with E-state index < -0.39 is 5.97 Å². The first-order chi connectivity index (χ1) is 11.1. The molecule has 23 heavy (non-hydrogen) atoms. The van der Waals surface area contributed by atoms with Gasteiger partial charge in [0, 0.05) is 11.8 Å². The van der Waals surface area contributed by atoms with Crippen LogP contribution in [0.3, 0.4) is 0 Å². The van der Waals surface area contributed by atoms with Crippen LogP contribution in [0.4, 0.5) is 0 Å². The van der Waals surface area contributed by atoms with Gasteiger partial charge in [-0.05, 0) is 38.1 Å². The third-order valence-electron chi connectivity index (χ3n) is 3.37. The Kier molecular flexibility index (Phi) is 3.89. The lowest BCUT2D eigenvalue weighted by Gasteiger charge is -2.02. The second-order valence-corrected chi connectivity index (χ2v) is 5.03. The fourth-order valence-electron chi connectivity index (χ4n) is 2.34. The first kappa shape index (κ1) is 14.9. The van der Waals surface area contributed by atoms with E-state index in [-0.39, 0.29) is 18.2 Å². The number of aryl methyl sites for hydroxylation is 1. The Morgan fingerprint density at radius 2 is 2.04 bits per heavy atom. The lowest BCUT2D eigenvalue weighted by Crippen LogP contribution is -2.15. The molecule has 0 atom stereocenters. The van der Waals surface area contributed by atoms with E-state index in [2.05, 4.69) is 10.1 Å². The van der Waals surface area contributed by atoms with Crippen LogP contribution in [0.5, 0.6) is 0 Å². The average molecular weight is 309 g/mol. The van der Waals surface area contributed by atoms with Crippen molar-refractivity contribution < 1.29 is 14.3 Å². The zero-order valence-corrected chi connectivity index (χ0v) is 12.8. The molecule has 0 amide bonds. The molecule has 3 rings (SSSR count). The highest BCUT2D eigenvalue weighted by atomic mass is 16.5. The molecule has 0 aliphatic heterocycles. The summed E-state index contributed by atoms with van der Waals surface area (Å²) in [6, 6.07) is 10.6. The third-order valence-corrected chi connectivity index (χ3v) is 3.37. The Bertz CT molecular complexity index is 899. The van der Waals surface area contributed by atoms with E-state index in [1.54, 1.807) is 43.5 Å². The Balaban J connectivity index is 2.14. The van der Waals surface area contributed by atoms with Crippen molar-refractivity contribution in [2.24, 2.45) is 0 Å². The van der Waals surface area contributed by atoms with Gasteiger partial charge in [0.15, 0.2) is 11.3 Å². The SMILES string of the molecule is CCOC(=O)c1nn(C(=O)c2cccc(C)c2)c2ncccc12. The predicted octanol–water partition coefficient (Wildman–Crippen LogP) is 2.60. The third kappa shape index (κ3) is 2.70. The summed E-state index contributed by atoms with van der Waals surface area (Å²) in [4.78, 5) is 28.9. The zero-order chi connectivity index (χ0) is 16.4. The van der Waals surface area contributed by atoms with Crippen molar-refractivity contribution in [3.63, 3.8) is 0 Å². The topological polar surface area (TPSA) is 74.1 Å². The number of nitrogens with zero attached hydrogens (tertiary/aromatic N) is 3. The number of fused-ring (bicyclic) bond motifs is 1. The first-order valence-corrected chi connectivity index (χ1v) is 7.24. The second-order valence-electron chi connectivity index (χ2n) is 5.03. The molecule has 6 heteroatoms. The first-order valence-electron chi connectivity index (χ1n) is 7.24. The van der Waals surface area contributed by atoms with Gasteiger partial charge in [0.25, 0.3) is 5.91 Å². The van der Waals surface area contributed by atoms with E-state index in [4.69, 9.17) is 4.74 Å². The van der Waals surface area contributed by atoms with E-state index in [0.29, 0.717) is 16.6 Å². The number of carbonyl (C=O) groups excluding carboxylic acids is 2. The quantitative estimate of drug-likeness (QED) is 0.695. The van der Waals surface area contributed by atoms with Gasteiger partial charge in [0.05, 0.1) is 12.0 Å². The molecule has 3 aromatic rings. The van der Waals surface area contributed by atoms with Crippen LogP contribution in [0.25, 0.3) is 11.0 Å². The fourth-order valence-corrected chi connectivity index (χ4v) is 2.34. The number of aromatic nitrogens is 3. The number of hydrogen-bond donors (Lipinski definition) is 0. The van der Waals surface area contributed by atoms with Crippen molar-refractivity contribution in [2.45, 2.75) is 13.8 Å². The molecule has 116 valence electrons. The van der Waals surface area contributed by atoms with Gasteiger partial charge in [0.1, 0.15) is 0 Å². The molecule has 6 nitrogen and oxygen atoms in total. The highest BCUT2D eigenvalue weighted by Gasteiger charge is 2.22. The predicted molar refractivity (Wildman–Crippen MR) is 84.4 cm³/mol. The molecule has 0 radical (unpaired) electrons. The van der Waals surface area contributed by atoms with E-state index in [1.807, 2.05) is 13.0 Å². The summed E-state index contributed by atoms with van der Waals surface area (Å²) < 4.78 is 6.15. The Labute approximate surface area is 132 Å². The van der Waals surface area contributed by atoms with Crippen molar-refractivity contribution in [1.29, 1.82) is 0 Å². The number of esters is 1. The number of rotatable bonds is 3. The average Bonchev–Trinajstić information content (AvgIpc) is 2.94. The number of ether oxygens (including phenoxy) is 1. The van der Waals surface area contributed by atoms with E-state index in [0.717, 1.165) is 10.2 Å². The lowest BCUT2D eigenvalue weighted by molar-refractivity contribution is 0.0521. The summed E-state index contributed by atoms with van der Waals surface area (Å²) >= 11 is 0. The van der Waals surface area contributed by atoms with Gasteiger partial charge in [-0.15, -0.1) is 0 Å².